The Kier molecular flexibility index (Phi) is 6.40. The molecule has 2 aromatic carbocycles. The largest absolute Gasteiger partial charge is 0.492 e. The maximum absolute atomic E-state index is 12.1. The second-order valence-electron chi connectivity index (χ2n) is 5.82. The Balaban J connectivity index is 1.89. The van der Waals surface area contributed by atoms with Gasteiger partial charge in [0.2, 0.25) is 20.0 Å². The van der Waals surface area contributed by atoms with Crippen LogP contribution in [-0.4, -0.2) is 48.4 Å². The van der Waals surface area contributed by atoms with Crippen molar-refractivity contribution in [3.8, 4) is 5.75 Å². The van der Waals surface area contributed by atoms with Crippen LogP contribution in [0.25, 0.3) is 0 Å². The van der Waals surface area contributed by atoms with Crippen molar-refractivity contribution in [2.45, 2.75) is 16.7 Å². The first-order valence-corrected chi connectivity index (χ1v) is 10.8. The molecule has 0 spiro atoms. The predicted molar refractivity (Wildman–Crippen MR) is 99.2 cm³/mol. The Labute approximate surface area is 154 Å². The molecule has 9 heteroatoms. The molecule has 2 aromatic rings. The summed E-state index contributed by atoms with van der Waals surface area (Å²) in [6.07, 6.45) is 0. The van der Waals surface area contributed by atoms with Crippen LogP contribution in [0.1, 0.15) is 5.56 Å². The zero-order valence-corrected chi connectivity index (χ0v) is 16.5. The van der Waals surface area contributed by atoms with Gasteiger partial charge < -0.3 is 4.74 Å². The van der Waals surface area contributed by atoms with E-state index in [9.17, 15) is 16.8 Å². The molecular weight excluding hydrogens is 376 g/mol. The van der Waals surface area contributed by atoms with Gasteiger partial charge in [-0.2, -0.15) is 0 Å². The van der Waals surface area contributed by atoms with Crippen molar-refractivity contribution in [1.29, 1.82) is 0 Å². The molecular formula is C17H22N2O5S2. The zero-order valence-electron chi connectivity index (χ0n) is 14.8. The number of hydrogen-bond donors (Lipinski definition) is 1. The minimum absolute atomic E-state index is 0.0912. The number of benzene rings is 2. The topological polar surface area (TPSA) is 92.8 Å². The van der Waals surface area contributed by atoms with Crippen molar-refractivity contribution < 1.29 is 21.6 Å². The van der Waals surface area contributed by atoms with Crippen LogP contribution in [-0.2, 0) is 20.0 Å². The van der Waals surface area contributed by atoms with Gasteiger partial charge in [0.1, 0.15) is 12.4 Å². The van der Waals surface area contributed by atoms with Crippen LogP contribution in [0.5, 0.6) is 5.75 Å². The SMILES string of the molecule is Cc1ccc(S(=O)(=O)NCCOc2ccc(S(=O)(=O)N(C)C)cc2)cc1. The molecule has 7 nitrogen and oxygen atoms in total. The van der Waals surface area contributed by atoms with Gasteiger partial charge in [0.25, 0.3) is 0 Å². The van der Waals surface area contributed by atoms with E-state index in [4.69, 9.17) is 4.74 Å². The molecule has 0 aliphatic heterocycles. The van der Waals surface area contributed by atoms with E-state index < -0.39 is 20.0 Å². The highest BCUT2D eigenvalue weighted by molar-refractivity contribution is 7.89. The molecule has 0 saturated carbocycles. The Morgan fingerprint density at radius 3 is 1.96 bits per heavy atom. The van der Waals surface area contributed by atoms with E-state index in [1.165, 1.54) is 38.4 Å². The maximum Gasteiger partial charge on any atom is 0.242 e. The fourth-order valence-electron chi connectivity index (χ4n) is 2.06. The first-order chi connectivity index (χ1) is 12.1. The number of rotatable bonds is 8. The molecule has 0 saturated heterocycles. The second-order valence-corrected chi connectivity index (χ2v) is 9.74. The van der Waals surface area contributed by atoms with Crippen LogP contribution in [0.2, 0.25) is 0 Å². The summed E-state index contributed by atoms with van der Waals surface area (Å²) in [4.78, 5) is 0.358. The van der Waals surface area contributed by atoms with Gasteiger partial charge in [0.05, 0.1) is 9.79 Å². The fraction of sp³-hybridized carbons (Fsp3) is 0.294. The molecule has 0 atom stereocenters. The van der Waals surface area contributed by atoms with Crippen LogP contribution in [0.4, 0.5) is 0 Å². The second kappa shape index (κ2) is 8.17. The molecule has 1 N–H and O–H groups in total. The van der Waals surface area contributed by atoms with Gasteiger partial charge in [-0.25, -0.2) is 25.9 Å². The highest BCUT2D eigenvalue weighted by atomic mass is 32.2. The predicted octanol–water partition coefficient (Wildman–Crippen LogP) is 1.60. The summed E-state index contributed by atoms with van der Waals surface area (Å²) in [7, 11) is -4.15. The fourth-order valence-corrected chi connectivity index (χ4v) is 3.98. The highest BCUT2D eigenvalue weighted by Gasteiger charge is 2.17. The standard InChI is InChI=1S/C17H22N2O5S2/c1-14-4-8-16(9-5-14)25(20,21)18-12-13-24-15-6-10-17(11-7-15)26(22,23)19(2)3/h4-11,18H,12-13H2,1-3H3. The molecule has 0 bridgehead atoms. The van der Waals surface area contributed by atoms with Gasteiger partial charge in [-0.05, 0) is 43.3 Å². The Morgan fingerprint density at radius 1 is 0.885 bits per heavy atom. The smallest absolute Gasteiger partial charge is 0.242 e. The summed E-state index contributed by atoms with van der Waals surface area (Å²) >= 11 is 0. The summed E-state index contributed by atoms with van der Waals surface area (Å²) in [5, 5.41) is 0. The Morgan fingerprint density at radius 2 is 1.42 bits per heavy atom. The summed E-state index contributed by atoms with van der Waals surface area (Å²) in [6.45, 7) is 2.09. The van der Waals surface area contributed by atoms with E-state index >= 15 is 0 Å². The Bertz CT molecular complexity index is 936. The molecule has 142 valence electrons. The molecule has 0 radical (unpaired) electrons. The average molecular weight is 399 g/mol. The number of nitrogens with zero attached hydrogens (tertiary/aromatic N) is 1. The van der Waals surface area contributed by atoms with Crippen molar-refractivity contribution in [2.75, 3.05) is 27.2 Å². The van der Waals surface area contributed by atoms with Crippen LogP contribution < -0.4 is 9.46 Å². The van der Waals surface area contributed by atoms with Crippen molar-refractivity contribution in [3.05, 3.63) is 54.1 Å². The lowest BCUT2D eigenvalue weighted by atomic mass is 10.2. The van der Waals surface area contributed by atoms with E-state index in [1.807, 2.05) is 6.92 Å². The van der Waals surface area contributed by atoms with Crippen LogP contribution >= 0.6 is 0 Å². The molecule has 0 fully saturated rings. The number of ether oxygens (including phenoxy) is 1. The molecule has 0 amide bonds. The number of aryl methyl sites for hydroxylation is 1. The number of sulfonamides is 2. The van der Waals surface area contributed by atoms with E-state index in [1.54, 1.807) is 24.3 Å². The quantitative estimate of drug-likeness (QED) is 0.682. The lowest BCUT2D eigenvalue weighted by Gasteiger charge is -2.12. The molecule has 0 heterocycles. The third kappa shape index (κ3) is 5.04. The molecule has 0 aliphatic carbocycles. The van der Waals surface area contributed by atoms with E-state index in [0.717, 1.165) is 9.87 Å². The van der Waals surface area contributed by atoms with Gasteiger partial charge >= 0.3 is 0 Å². The van der Waals surface area contributed by atoms with Crippen LogP contribution in [0.15, 0.2) is 58.3 Å². The number of hydrogen-bond acceptors (Lipinski definition) is 5. The van der Waals surface area contributed by atoms with E-state index in [2.05, 4.69) is 4.72 Å². The van der Waals surface area contributed by atoms with Gasteiger partial charge in [-0.15, -0.1) is 0 Å². The zero-order chi connectivity index (χ0) is 19.4. The first-order valence-electron chi connectivity index (χ1n) is 7.85. The molecule has 2 rings (SSSR count). The summed E-state index contributed by atoms with van der Waals surface area (Å²) < 4.78 is 57.3. The van der Waals surface area contributed by atoms with E-state index in [0.29, 0.717) is 5.75 Å². The van der Waals surface area contributed by atoms with Gasteiger partial charge in [0.15, 0.2) is 0 Å². The lowest BCUT2D eigenvalue weighted by Crippen LogP contribution is -2.28. The third-order valence-electron chi connectivity index (χ3n) is 3.60. The first kappa shape index (κ1) is 20.4. The monoisotopic (exact) mass is 398 g/mol. The van der Waals surface area contributed by atoms with Crippen molar-refractivity contribution in [2.24, 2.45) is 0 Å². The molecule has 0 aromatic heterocycles. The van der Waals surface area contributed by atoms with E-state index in [-0.39, 0.29) is 22.9 Å². The van der Waals surface area contributed by atoms with Gasteiger partial charge in [0, 0.05) is 20.6 Å². The average Bonchev–Trinajstić information content (AvgIpc) is 2.59. The molecule has 26 heavy (non-hydrogen) atoms. The van der Waals surface area contributed by atoms with Crippen molar-refractivity contribution in [3.63, 3.8) is 0 Å². The minimum Gasteiger partial charge on any atom is -0.492 e. The third-order valence-corrected chi connectivity index (χ3v) is 6.90. The molecule has 0 aliphatic rings. The Hall–Kier alpha value is -1.94. The minimum atomic E-state index is -3.58. The van der Waals surface area contributed by atoms with Crippen molar-refractivity contribution in [1.82, 2.24) is 9.03 Å². The maximum atomic E-state index is 12.1. The van der Waals surface area contributed by atoms with Crippen LogP contribution in [0, 0.1) is 6.92 Å². The van der Waals surface area contributed by atoms with Crippen molar-refractivity contribution >= 4 is 20.0 Å². The molecule has 0 unspecified atom stereocenters. The summed E-state index contributed by atoms with van der Waals surface area (Å²) in [6, 6.07) is 12.5. The highest BCUT2D eigenvalue weighted by Crippen LogP contribution is 2.18. The lowest BCUT2D eigenvalue weighted by molar-refractivity contribution is 0.322. The van der Waals surface area contributed by atoms with Gasteiger partial charge in [-0.1, -0.05) is 17.7 Å². The summed E-state index contributed by atoms with van der Waals surface area (Å²) in [5.41, 5.74) is 0.979. The van der Waals surface area contributed by atoms with Gasteiger partial charge in [-0.3, -0.25) is 0 Å². The normalized spacial score (nSPS) is 12.3. The summed E-state index contributed by atoms with van der Waals surface area (Å²) in [5.74, 6) is 0.456. The number of nitrogens with one attached hydrogen (secondary N) is 1. The van der Waals surface area contributed by atoms with Crippen LogP contribution in [0.3, 0.4) is 0 Å².